The molecular formula is C15H17N3O2S. The molecule has 0 saturated carbocycles. The van der Waals surface area contributed by atoms with E-state index in [1.807, 2.05) is 44.3 Å². The second-order valence-electron chi connectivity index (χ2n) is 3.86. The van der Waals surface area contributed by atoms with Crippen molar-refractivity contribution in [2.45, 2.75) is 20.8 Å². The van der Waals surface area contributed by atoms with Crippen molar-refractivity contribution in [1.29, 1.82) is 0 Å². The summed E-state index contributed by atoms with van der Waals surface area (Å²) in [6.07, 6.45) is 1.85. The number of carbonyl (C=O) groups excluding carboxylic acids is 1. The fourth-order valence-electron chi connectivity index (χ4n) is 1.81. The van der Waals surface area contributed by atoms with Crippen LogP contribution in [0.1, 0.15) is 30.4 Å². The van der Waals surface area contributed by atoms with E-state index in [9.17, 15) is 4.79 Å². The van der Waals surface area contributed by atoms with Crippen LogP contribution < -0.4 is 0 Å². The van der Waals surface area contributed by atoms with E-state index >= 15 is 0 Å². The molecular weight excluding hydrogens is 286 g/mol. The molecule has 21 heavy (non-hydrogen) atoms. The molecule has 2 aromatic heterocycles. The number of aromatic nitrogens is 3. The Balaban J connectivity index is 0.000000774. The summed E-state index contributed by atoms with van der Waals surface area (Å²) < 4.78 is 6.63. The average molecular weight is 303 g/mol. The largest absolute Gasteiger partial charge is 0.462 e. The van der Waals surface area contributed by atoms with E-state index in [0.717, 1.165) is 10.9 Å². The van der Waals surface area contributed by atoms with Crippen LogP contribution in [-0.4, -0.2) is 27.3 Å². The predicted molar refractivity (Wildman–Crippen MR) is 84.0 cm³/mol. The third-order valence-electron chi connectivity index (χ3n) is 2.64. The van der Waals surface area contributed by atoms with Gasteiger partial charge in [-0.15, -0.1) is 11.3 Å². The van der Waals surface area contributed by atoms with E-state index in [4.69, 9.17) is 4.74 Å². The van der Waals surface area contributed by atoms with Gasteiger partial charge < -0.3 is 4.74 Å². The van der Waals surface area contributed by atoms with Crippen molar-refractivity contribution in [2.24, 2.45) is 0 Å². The molecule has 2 heterocycles. The minimum atomic E-state index is -0.362. The number of esters is 1. The molecule has 0 aliphatic carbocycles. The van der Waals surface area contributed by atoms with E-state index in [0.29, 0.717) is 17.3 Å². The Bertz CT molecular complexity index is 700. The number of thiazole rings is 1. The summed E-state index contributed by atoms with van der Waals surface area (Å²) in [5.74, 6) is 0.152. The van der Waals surface area contributed by atoms with Gasteiger partial charge in [0.1, 0.15) is 0 Å². The molecule has 1 aromatic carbocycles. The number of hydrogen-bond donors (Lipinski definition) is 0. The number of rotatable bonds is 3. The number of hydrogen-bond acceptors (Lipinski definition) is 5. The zero-order valence-electron chi connectivity index (χ0n) is 12.2. The highest BCUT2D eigenvalue weighted by atomic mass is 32.1. The lowest BCUT2D eigenvalue weighted by Gasteiger charge is -2.01. The van der Waals surface area contributed by atoms with Gasteiger partial charge in [0.25, 0.3) is 0 Å². The molecule has 3 rings (SSSR count). The predicted octanol–water partition coefficient (Wildman–Crippen LogP) is 3.68. The lowest BCUT2D eigenvalue weighted by molar-refractivity contribution is 0.0531. The Morgan fingerprint density at radius 3 is 2.81 bits per heavy atom. The van der Waals surface area contributed by atoms with E-state index < -0.39 is 0 Å². The summed E-state index contributed by atoms with van der Waals surface area (Å²) in [6, 6.07) is 7.76. The molecule has 0 amide bonds. The summed E-state index contributed by atoms with van der Waals surface area (Å²) in [5, 5.41) is 5.42. The van der Waals surface area contributed by atoms with Crippen molar-refractivity contribution in [1.82, 2.24) is 14.8 Å². The quantitative estimate of drug-likeness (QED) is 0.692. The molecule has 0 unspecified atom stereocenters. The maximum Gasteiger partial charge on any atom is 0.352 e. The van der Waals surface area contributed by atoms with Gasteiger partial charge in [0.2, 0.25) is 0 Å². The molecule has 0 N–H and O–H groups in total. The van der Waals surface area contributed by atoms with Crippen LogP contribution in [0.25, 0.3) is 16.7 Å². The van der Waals surface area contributed by atoms with Gasteiger partial charge in [0.15, 0.2) is 10.7 Å². The Morgan fingerprint density at radius 2 is 2.10 bits per heavy atom. The zero-order valence-corrected chi connectivity index (χ0v) is 13.1. The number of nitrogens with zero attached hydrogens (tertiary/aromatic N) is 3. The highest BCUT2D eigenvalue weighted by molar-refractivity contribution is 7.12. The van der Waals surface area contributed by atoms with Crippen LogP contribution in [0.2, 0.25) is 0 Å². The highest BCUT2D eigenvalue weighted by Gasteiger charge is 2.18. The van der Waals surface area contributed by atoms with E-state index in [2.05, 4.69) is 10.1 Å². The topological polar surface area (TPSA) is 57.0 Å². The Morgan fingerprint density at radius 1 is 1.33 bits per heavy atom. The zero-order chi connectivity index (χ0) is 15.2. The lowest BCUT2D eigenvalue weighted by atomic mass is 10.3. The molecule has 0 radical (unpaired) electrons. The molecule has 0 atom stereocenters. The van der Waals surface area contributed by atoms with Crippen LogP contribution in [0.15, 0.2) is 36.0 Å². The third-order valence-corrected chi connectivity index (χ3v) is 3.44. The van der Waals surface area contributed by atoms with Gasteiger partial charge in [-0.25, -0.2) is 14.5 Å². The summed E-state index contributed by atoms with van der Waals surface area (Å²) in [4.78, 5) is 16.5. The smallest absolute Gasteiger partial charge is 0.352 e. The van der Waals surface area contributed by atoms with Crippen molar-refractivity contribution in [3.8, 4) is 5.82 Å². The van der Waals surface area contributed by atoms with Crippen LogP contribution >= 0.6 is 11.3 Å². The monoisotopic (exact) mass is 303 g/mol. The molecule has 5 nitrogen and oxygen atoms in total. The number of benzene rings is 1. The Kier molecular flexibility index (Phi) is 5.05. The SMILES string of the molecule is CC.CCOC(=O)c1scnc1-n1cc2ccccc2n1. The average Bonchev–Trinajstić information content (AvgIpc) is 3.15. The van der Waals surface area contributed by atoms with E-state index in [1.165, 1.54) is 11.3 Å². The van der Waals surface area contributed by atoms with Crippen molar-refractivity contribution in [2.75, 3.05) is 6.61 Å². The maximum atomic E-state index is 11.8. The number of ether oxygens (including phenoxy) is 1. The van der Waals surface area contributed by atoms with Crippen molar-refractivity contribution in [3.63, 3.8) is 0 Å². The maximum absolute atomic E-state index is 11.8. The molecule has 0 aliphatic heterocycles. The minimum absolute atomic E-state index is 0.345. The fraction of sp³-hybridized carbons (Fsp3) is 0.267. The molecule has 0 saturated heterocycles. The van der Waals surface area contributed by atoms with Crippen molar-refractivity contribution < 1.29 is 9.53 Å². The summed E-state index contributed by atoms with van der Waals surface area (Å²) in [6.45, 7) is 6.12. The van der Waals surface area contributed by atoms with Crippen molar-refractivity contribution >= 4 is 28.2 Å². The van der Waals surface area contributed by atoms with Crippen LogP contribution in [0, 0.1) is 0 Å². The van der Waals surface area contributed by atoms with Crippen LogP contribution in [0.4, 0.5) is 0 Å². The molecule has 3 aromatic rings. The summed E-state index contributed by atoms with van der Waals surface area (Å²) in [7, 11) is 0. The van der Waals surface area contributed by atoms with Gasteiger partial charge in [-0.05, 0) is 13.0 Å². The molecule has 0 aliphatic rings. The fourth-order valence-corrected chi connectivity index (χ4v) is 2.48. The van der Waals surface area contributed by atoms with Gasteiger partial charge in [-0.1, -0.05) is 32.0 Å². The minimum Gasteiger partial charge on any atom is -0.462 e. The summed E-state index contributed by atoms with van der Waals surface area (Å²) in [5.41, 5.74) is 2.49. The van der Waals surface area contributed by atoms with Gasteiger partial charge in [-0.2, -0.15) is 5.10 Å². The summed E-state index contributed by atoms with van der Waals surface area (Å²) >= 11 is 1.26. The van der Waals surface area contributed by atoms with Gasteiger partial charge in [-0.3, -0.25) is 0 Å². The first-order valence-electron chi connectivity index (χ1n) is 6.85. The van der Waals surface area contributed by atoms with Gasteiger partial charge >= 0.3 is 5.97 Å². The Hall–Kier alpha value is -2.21. The highest BCUT2D eigenvalue weighted by Crippen LogP contribution is 2.21. The normalized spacial score (nSPS) is 10.0. The standard InChI is InChI=1S/C13H11N3O2S.C2H6/c1-2-18-13(17)11-12(14-8-19-11)16-7-9-5-3-4-6-10(9)15-16;1-2/h3-8H,2H2,1H3;1-2H3. The van der Waals surface area contributed by atoms with Crippen LogP contribution in [0.5, 0.6) is 0 Å². The first-order valence-corrected chi connectivity index (χ1v) is 7.73. The van der Waals surface area contributed by atoms with E-state index in [-0.39, 0.29) is 5.97 Å². The molecule has 0 fully saturated rings. The first-order chi connectivity index (χ1) is 10.3. The molecule has 110 valence electrons. The third kappa shape index (κ3) is 3.11. The van der Waals surface area contributed by atoms with Crippen molar-refractivity contribution in [3.05, 3.63) is 40.8 Å². The van der Waals surface area contributed by atoms with Crippen LogP contribution in [0.3, 0.4) is 0 Å². The number of fused-ring (bicyclic) bond motifs is 1. The van der Waals surface area contributed by atoms with Gasteiger partial charge in [0.05, 0.1) is 17.6 Å². The van der Waals surface area contributed by atoms with Crippen LogP contribution in [-0.2, 0) is 4.74 Å². The first kappa shape index (κ1) is 15.2. The lowest BCUT2D eigenvalue weighted by Crippen LogP contribution is -2.07. The number of carbonyl (C=O) groups is 1. The Labute approximate surface area is 127 Å². The molecule has 0 bridgehead atoms. The van der Waals surface area contributed by atoms with E-state index in [1.54, 1.807) is 17.1 Å². The van der Waals surface area contributed by atoms with Gasteiger partial charge in [0, 0.05) is 11.6 Å². The second-order valence-corrected chi connectivity index (χ2v) is 4.71. The molecule has 0 spiro atoms. The second kappa shape index (κ2) is 6.99. The molecule has 6 heteroatoms.